The van der Waals surface area contributed by atoms with Crippen molar-refractivity contribution in [2.45, 2.75) is 6.10 Å². The lowest BCUT2D eigenvalue weighted by atomic mass is 10.3. The molecule has 0 aliphatic rings. The van der Waals surface area contributed by atoms with Crippen LogP contribution in [0.2, 0.25) is 0 Å². The van der Waals surface area contributed by atoms with Crippen LogP contribution in [-0.4, -0.2) is 35.5 Å². The summed E-state index contributed by atoms with van der Waals surface area (Å²) in [6.45, 7) is -0.502. The first-order chi connectivity index (χ1) is 7.61. The first-order valence-corrected chi connectivity index (χ1v) is 4.71. The highest BCUT2D eigenvalue weighted by Gasteiger charge is 2.05. The maximum absolute atomic E-state index is 12.7. The molecule has 0 fully saturated rings. The number of hydrogen-bond acceptors (Lipinski definition) is 3. The molecule has 1 atom stereocenters. The predicted molar refractivity (Wildman–Crippen MR) is 56.5 cm³/mol. The van der Waals surface area contributed by atoms with Gasteiger partial charge in [0.05, 0.1) is 12.7 Å². The number of amides is 2. The van der Waals surface area contributed by atoms with E-state index in [0.717, 1.165) is 0 Å². The number of urea groups is 1. The van der Waals surface area contributed by atoms with Crippen LogP contribution in [0, 0.1) is 5.82 Å². The Bertz CT molecular complexity index is 360. The van der Waals surface area contributed by atoms with Gasteiger partial charge in [-0.15, -0.1) is 0 Å². The van der Waals surface area contributed by atoms with Gasteiger partial charge in [0.15, 0.2) is 0 Å². The van der Waals surface area contributed by atoms with Crippen LogP contribution in [-0.2, 0) is 0 Å². The fourth-order valence-corrected chi connectivity index (χ4v) is 1.02. The molecular weight excluding hydrogens is 215 g/mol. The number of carbonyl (C=O) groups is 1. The topological polar surface area (TPSA) is 81.6 Å². The van der Waals surface area contributed by atoms with E-state index in [1.807, 2.05) is 0 Å². The van der Waals surface area contributed by atoms with E-state index < -0.39 is 24.6 Å². The third-order valence-electron chi connectivity index (χ3n) is 1.79. The summed E-state index contributed by atoms with van der Waals surface area (Å²) in [5, 5.41) is 22.2. The largest absolute Gasteiger partial charge is 0.394 e. The highest BCUT2D eigenvalue weighted by molar-refractivity contribution is 5.89. The normalized spacial score (nSPS) is 11.9. The van der Waals surface area contributed by atoms with Crippen molar-refractivity contribution in [1.29, 1.82) is 0 Å². The molecule has 1 aromatic rings. The van der Waals surface area contributed by atoms with Crippen LogP contribution in [0.25, 0.3) is 0 Å². The number of aliphatic hydroxyl groups excluding tert-OH is 2. The van der Waals surface area contributed by atoms with Gasteiger partial charge in [-0.25, -0.2) is 9.18 Å². The molecule has 2 amide bonds. The number of anilines is 1. The Morgan fingerprint density at radius 1 is 1.50 bits per heavy atom. The zero-order chi connectivity index (χ0) is 12.0. The summed E-state index contributed by atoms with van der Waals surface area (Å²) in [5.74, 6) is -0.451. The molecule has 16 heavy (non-hydrogen) atoms. The number of aliphatic hydroxyl groups is 2. The SMILES string of the molecule is O=C(NCC(O)CO)Nc1cccc(F)c1. The van der Waals surface area contributed by atoms with Gasteiger partial charge in [-0.3, -0.25) is 0 Å². The summed E-state index contributed by atoms with van der Waals surface area (Å²) in [6, 6.07) is 4.86. The molecule has 5 nitrogen and oxygen atoms in total. The van der Waals surface area contributed by atoms with E-state index in [0.29, 0.717) is 5.69 Å². The Morgan fingerprint density at radius 2 is 2.25 bits per heavy atom. The van der Waals surface area contributed by atoms with Gasteiger partial charge in [0.2, 0.25) is 0 Å². The Morgan fingerprint density at radius 3 is 2.88 bits per heavy atom. The molecule has 1 unspecified atom stereocenters. The van der Waals surface area contributed by atoms with Gasteiger partial charge >= 0.3 is 6.03 Å². The first kappa shape index (κ1) is 12.4. The van der Waals surface area contributed by atoms with Gasteiger partial charge in [0, 0.05) is 12.2 Å². The lowest BCUT2D eigenvalue weighted by molar-refractivity contribution is 0.0965. The Kier molecular flexibility index (Phi) is 4.68. The van der Waals surface area contributed by atoms with Crippen molar-refractivity contribution < 1.29 is 19.4 Å². The third-order valence-corrected chi connectivity index (χ3v) is 1.79. The van der Waals surface area contributed by atoms with E-state index in [1.165, 1.54) is 24.3 Å². The van der Waals surface area contributed by atoms with Gasteiger partial charge in [0.1, 0.15) is 5.82 Å². The van der Waals surface area contributed by atoms with Crippen LogP contribution in [0.3, 0.4) is 0 Å². The first-order valence-electron chi connectivity index (χ1n) is 4.71. The van der Waals surface area contributed by atoms with Crippen LogP contribution < -0.4 is 10.6 Å². The van der Waals surface area contributed by atoms with Crippen LogP contribution in [0.5, 0.6) is 0 Å². The van der Waals surface area contributed by atoms with Gasteiger partial charge in [0.25, 0.3) is 0 Å². The average Bonchev–Trinajstić information content (AvgIpc) is 2.26. The molecule has 1 aromatic carbocycles. The summed E-state index contributed by atoms with van der Waals surface area (Å²) in [5.41, 5.74) is 0.316. The van der Waals surface area contributed by atoms with Crippen molar-refractivity contribution >= 4 is 11.7 Å². The Balaban J connectivity index is 2.40. The maximum atomic E-state index is 12.7. The molecule has 0 spiro atoms. The maximum Gasteiger partial charge on any atom is 0.319 e. The monoisotopic (exact) mass is 228 g/mol. The van der Waals surface area contributed by atoms with Gasteiger partial charge < -0.3 is 20.8 Å². The van der Waals surface area contributed by atoms with Crippen LogP contribution in [0.15, 0.2) is 24.3 Å². The Hall–Kier alpha value is -1.66. The van der Waals surface area contributed by atoms with Crippen molar-refractivity contribution in [2.75, 3.05) is 18.5 Å². The number of benzene rings is 1. The van der Waals surface area contributed by atoms with Crippen molar-refractivity contribution in [1.82, 2.24) is 5.32 Å². The fourth-order valence-electron chi connectivity index (χ4n) is 1.02. The van der Waals surface area contributed by atoms with E-state index in [9.17, 15) is 9.18 Å². The van der Waals surface area contributed by atoms with E-state index >= 15 is 0 Å². The van der Waals surface area contributed by atoms with E-state index in [4.69, 9.17) is 10.2 Å². The fraction of sp³-hybridized carbons (Fsp3) is 0.300. The molecule has 0 aliphatic heterocycles. The molecule has 0 heterocycles. The molecular formula is C10H13FN2O3. The third kappa shape index (κ3) is 4.24. The summed E-state index contributed by atoms with van der Waals surface area (Å²) < 4.78 is 12.7. The van der Waals surface area contributed by atoms with Crippen molar-refractivity contribution in [2.24, 2.45) is 0 Å². The lowest BCUT2D eigenvalue weighted by Gasteiger charge is -2.10. The van der Waals surface area contributed by atoms with E-state index in [-0.39, 0.29) is 6.54 Å². The summed E-state index contributed by atoms with van der Waals surface area (Å²) in [7, 11) is 0. The van der Waals surface area contributed by atoms with Crippen LogP contribution in [0.1, 0.15) is 0 Å². The van der Waals surface area contributed by atoms with Gasteiger partial charge in [-0.05, 0) is 18.2 Å². The average molecular weight is 228 g/mol. The zero-order valence-corrected chi connectivity index (χ0v) is 8.48. The van der Waals surface area contributed by atoms with Crippen molar-refractivity contribution in [3.8, 4) is 0 Å². The molecule has 6 heteroatoms. The number of rotatable bonds is 4. The minimum absolute atomic E-state index is 0.0718. The van der Waals surface area contributed by atoms with Crippen LogP contribution >= 0.6 is 0 Å². The molecule has 0 saturated carbocycles. The molecule has 0 aromatic heterocycles. The predicted octanol–water partition coefficient (Wildman–Crippen LogP) is 0.300. The second kappa shape index (κ2) is 6.04. The molecule has 4 N–H and O–H groups in total. The minimum Gasteiger partial charge on any atom is -0.394 e. The molecule has 1 rings (SSSR count). The molecule has 0 aliphatic carbocycles. The van der Waals surface area contributed by atoms with Gasteiger partial charge in [-0.1, -0.05) is 6.07 Å². The van der Waals surface area contributed by atoms with Crippen LogP contribution in [0.4, 0.5) is 14.9 Å². The van der Waals surface area contributed by atoms with Crippen molar-refractivity contribution in [3.63, 3.8) is 0 Å². The summed E-state index contributed by atoms with van der Waals surface area (Å²) >= 11 is 0. The second-order valence-corrected chi connectivity index (χ2v) is 3.18. The van der Waals surface area contributed by atoms with E-state index in [2.05, 4.69) is 10.6 Å². The number of carbonyl (C=O) groups excluding carboxylic acids is 1. The second-order valence-electron chi connectivity index (χ2n) is 3.18. The standard InChI is InChI=1S/C10H13FN2O3/c11-7-2-1-3-8(4-7)13-10(16)12-5-9(15)6-14/h1-4,9,14-15H,5-6H2,(H2,12,13,16). The lowest BCUT2D eigenvalue weighted by Crippen LogP contribution is -2.36. The minimum atomic E-state index is -1.00. The van der Waals surface area contributed by atoms with E-state index in [1.54, 1.807) is 0 Å². The quantitative estimate of drug-likeness (QED) is 0.598. The van der Waals surface area contributed by atoms with Crippen molar-refractivity contribution in [3.05, 3.63) is 30.1 Å². The molecule has 0 bridgehead atoms. The molecule has 88 valence electrons. The molecule has 0 radical (unpaired) electrons. The highest BCUT2D eigenvalue weighted by atomic mass is 19.1. The summed E-state index contributed by atoms with van der Waals surface area (Å²) in [6.07, 6.45) is -1.00. The van der Waals surface area contributed by atoms with Gasteiger partial charge in [-0.2, -0.15) is 0 Å². The highest BCUT2D eigenvalue weighted by Crippen LogP contribution is 2.08. The summed E-state index contributed by atoms with van der Waals surface area (Å²) in [4.78, 5) is 11.2. The number of halogens is 1. The smallest absolute Gasteiger partial charge is 0.319 e. The zero-order valence-electron chi connectivity index (χ0n) is 8.48. The Labute approximate surface area is 91.9 Å². The number of nitrogens with one attached hydrogen (secondary N) is 2. The molecule has 0 saturated heterocycles. The number of hydrogen-bond donors (Lipinski definition) is 4.